The number of benzene rings is 1. The second-order valence-electron chi connectivity index (χ2n) is 6.47. The molecular weight excluding hydrogens is 453 g/mol. The van der Waals surface area contributed by atoms with Crippen LogP contribution in [0.5, 0.6) is 0 Å². The van der Waals surface area contributed by atoms with Crippen LogP contribution in [-0.2, 0) is 26.1 Å². The first-order valence-corrected chi connectivity index (χ1v) is 9.23. The fraction of sp³-hybridized carbons (Fsp3) is 0.526. The Labute approximate surface area is 179 Å². The summed E-state index contributed by atoms with van der Waals surface area (Å²) in [6, 6.07) is 8.60. The van der Waals surface area contributed by atoms with Crippen LogP contribution in [0, 0.1) is 0 Å². The number of guanidine groups is 1. The number of hydrogen-bond acceptors (Lipinski definition) is 4. The van der Waals surface area contributed by atoms with Crippen molar-refractivity contribution in [3.05, 3.63) is 47.5 Å². The van der Waals surface area contributed by atoms with Crippen LogP contribution in [0.4, 0.5) is 0 Å². The molecule has 0 bridgehead atoms. The molecule has 0 spiro atoms. The van der Waals surface area contributed by atoms with Gasteiger partial charge in [-0.2, -0.15) is 0 Å². The summed E-state index contributed by atoms with van der Waals surface area (Å²) in [5.74, 6) is 1.84. The lowest BCUT2D eigenvalue weighted by Crippen LogP contribution is -2.38. The Bertz CT molecular complexity index is 697. The molecule has 0 aliphatic heterocycles. The topological polar surface area (TPSA) is 70.4 Å². The normalized spacial score (nSPS) is 11.4. The fourth-order valence-electron chi connectivity index (χ4n) is 2.74. The van der Waals surface area contributed by atoms with Crippen molar-refractivity contribution < 1.29 is 0 Å². The lowest BCUT2D eigenvalue weighted by molar-refractivity contribution is 0.402. The lowest BCUT2D eigenvalue weighted by atomic mass is 10.1. The molecule has 1 aromatic carbocycles. The summed E-state index contributed by atoms with van der Waals surface area (Å²) in [6.45, 7) is 8.18. The molecule has 8 heteroatoms. The van der Waals surface area contributed by atoms with Crippen molar-refractivity contribution in [1.82, 2.24) is 30.3 Å². The van der Waals surface area contributed by atoms with Gasteiger partial charge in [0.25, 0.3) is 0 Å². The van der Waals surface area contributed by atoms with Gasteiger partial charge >= 0.3 is 0 Å². The van der Waals surface area contributed by atoms with Crippen molar-refractivity contribution in [2.75, 3.05) is 27.2 Å². The summed E-state index contributed by atoms with van der Waals surface area (Å²) in [6.07, 6.45) is 2.66. The average molecular weight is 485 g/mol. The molecule has 0 saturated heterocycles. The zero-order chi connectivity index (χ0) is 18.8. The summed E-state index contributed by atoms with van der Waals surface area (Å²) in [5, 5.41) is 14.8. The molecule has 0 saturated carbocycles. The molecule has 150 valence electrons. The molecule has 0 unspecified atom stereocenters. The molecule has 0 amide bonds. The lowest BCUT2D eigenvalue weighted by Gasteiger charge is -2.13. The van der Waals surface area contributed by atoms with Gasteiger partial charge in [-0.15, -0.1) is 34.2 Å². The van der Waals surface area contributed by atoms with E-state index in [1.54, 1.807) is 6.33 Å². The predicted molar refractivity (Wildman–Crippen MR) is 121 cm³/mol. The van der Waals surface area contributed by atoms with Crippen LogP contribution in [0.3, 0.4) is 0 Å². The van der Waals surface area contributed by atoms with E-state index in [9.17, 15) is 0 Å². The number of rotatable bonds is 9. The Balaban J connectivity index is 0.00000364. The van der Waals surface area contributed by atoms with Crippen LogP contribution in [0.2, 0.25) is 0 Å². The third-order valence-electron chi connectivity index (χ3n) is 3.91. The third-order valence-corrected chi connectivity index (χ3v) is 3.91. The SMILES string of the molecule is CCNC(=NCc1cccc(CN(C)C)c1)NCCn1cnnc1CC.I. The summed E-state index contributed by atoms with van der Waals surface area (Å²) >= 11 is 0. The highest BCUT2D eigenvalue weighted by molar-refractivity contribution is 14.0. The molecule has 2 aromatic rings. The Kier molecular flexibility index (Phi) is 11.0. The van der Waals surface area contributed by atoms with E-state index in [1.807, 2.05) is 0 Å². The van der Waals surface area contributed by atoms with Crippen molar-refractivity contribution in [3.63, 3.8) is 0 Å². The highest BCUT2D eigenvalue weighted by Crippen LogP contribution is 2.08. The molecule has 1 aromatic heterocycles. The van der Waals surface area contributed by atoms with Crippen molar-refractivity contribution in [3.8, 4) is 0 Å². The Hall–Kier alpha value is -1.68. The number of hydrogen-bond donors (Lipinski definition) is 2. The van der Waals surface area contributed by atoms with Crippen molar-refractivity contribution in [2.45, 2.75) is 39.9 Å². The first-order valence-electron chi connectivity index (χ1n) is 9.23. The Morgan fingerprint density at radius 2 is 1.96 bits per heavy atom. The minimum Gasteiger partial charge on any atom is -0.357 e. The molecule has 0 fully saturated rings. The van der Waals surface area contributed by atoms with Crippen LogP contribution in [0.1, 0.15) is 30.8 Å². The summed E-state index contributed by atoms with van der Waals surface area (Å²) in [4.78, 5) is 6.88. The molecule has 27 heavy (non-hydrogen) atoms. The number of halogens is 1. The molecule has 0 radical (unpaired) electrons. The maximum absolute atomic E-state index is 4.71. The van der Waals surface area contributed by atoms with Crippen molar-refractivity contribution in [1.29, 1.82) is 0 Å². The maximum Gasteiger partial charge on any atom is 0.191 e. The number of nitrogens with one attached hydrogen (secondary N) is 2. The van der Waals surface area contributed by atoms with E-state index in [0.29, 0.717) is 6.54 Å². The van der Waals surface area contributed by atoms with Crippen LogP contribution in [-0.4, -0.2) is 52.8 Å². The summed E-state index contributed by atoms with van der Waals surface area (Å²) in [7, 11) is 4.16. The second-order valence-corrected chi connectivity index (χ2v) is 6.47. The van der Waals surface area contributed by atoms with E-state index in [-0.39, 0.29) is 24.0 Å². The highest BCUT2D eigenvalue weighted by atomic mass is 127. The van der Waals surface area contributed by atoms with Gasteiger partial charge in [0.15, 0.2) is 5.96 Å². The van der Waals surface area contributed by atoms with Crippen LogP contribution < -0.4 is 10.6 Å². The molecular formula is C19H32IN7. The molecule has 7 nitrogen and oxygen atoms in total. The Morgan fingerprint density at radius 3 is 2.67 bits per heavy atom. The predicted octanol–water partition coefficient (Wildman–Crippen LogP) is 2.28. The van der Waals surface area contributed by atoms with Gasteiger partial charge in [0.2, 0.25) is 0 Å². The van der Waals surface area contributed by atoms with E-state index in [0.717, 1.165) is 44.4 Å². The minimum atomic E-state index is 0. The number of aliphatic imine (C=N–C) groups is 1. The first kappa shape index (κ1) is 23.4. The van der Waals surface area contributed by atoms with E-state index in [1.165, 1.54) is 11.1 Å². The largest absolute Gasteiger partial charge is 0.357 e. The number of aromatic nitrogens is 3. The van der Waals surface area contributed by atoms with Gasteiger partial charge in [-0.3, -0.25) is 0 Å². The zero-order valence-electron chi connectivity index (χ0n) is 16.8. The molecule has 0 atom stereocenters. The van der Waals surface area contributed by atoms with Gasteiger partial charge in [0, 0.05) is 32.6 Å². The molecule has 0 aliphatic rings. The van der Waals surface area contributed by atoms with Gasteiger partial charge in [0.1, 0.15) is 12.2 Å². The summed E-state index contributed by atoms with van der Waals surface area (Å²) < 4.78 is 2.07. The second kappa shape index (κ2) is 12.7. The fourth-order valence-corrected chi connectivity index (χ4v) is 2.74. The van der Waals surface area contributed by atoms with Gasteiger partial charge in [-0.25, -0.2) is 4.99 Å². The minimum absolute atomic E-state index is 0. The van der Waals surface area contributed by atoms with E-state index in [4.69, 9.17) is 4.99 Å². The van der Waals surface area contributed by atoms with Crippen LogP contribution >= 0.6 is 24.0 Å². The van der Waals surface area contributed by atoms with Crippen LogP contribution in [0.25, 0.3) is 0 Å². The molecule has 2 rings (SSSR count). The number of nitrogens with zero attached hydrogens (tertiary/aromatic N) is 5. The average Bonchev–Trinajstić information content (AvgIpc) is 3.07. The van der Waals surface area contributed by atoms with Gasteiger partial charge < -0.3 is 20.1 Å². The van der Waals surface area contributed by atoms with Gasteiger partial charge in [-0.05, 0) is 32.1 Å². The Morgan fingerprint density at radius 1 is 1.19 bits per heavy atom. The quantitative estimate of drug-likeness (QED) is 0.324. The number of aryl methyl sites for hydroxylation is 1. The molecule has 0 aliphatic carbocycles. The highest BCUT2D eigenvalue weighted by Gasteiger charge is 2.03. The standard InChI is InChI=1S/C19H31N7.HI/c1-5-18-24-23-15-26(18)11-10-21-19(20-6-2)22-13-16-8-7-9-17(12-16)14-25(3)4;/h7-9,12,15H,5-6,10-11,13-14H2,1-4H3,(H2,20,21,22);1H. The monoisotopic (exact) mass is 485 g/mol. The summed E-state index contributed by atoms with van der Waals surface area (Å²) in [5.41, 5.74) is 2.52. The van der Waals surface area contributed by atoms with Gasteiger partial charge in [0.05, 0.1) is 6.54 Å². The maximum atomic E-state index is 4.71. The first-order chi connectivity index (χ1) is 12.6. The van der Waals surface area contributed by atoms with Gasteiger partial charge in [-0.1, -0.05) is 31.2 Å². The van der Waals surface area contributed by atoms with E-state index < -0.39 is 0 Å². The molecule has 1 heterocycles. The van der Waals surface area contributed by atoms with E-state index >= 15 is 0 Å². The van der Waals surface area contributed by atoms with Crippen molar-refractivity contribution in [2.24, 2.45) is 4.99 Å². The smallest absolute Gasteiger partial charge is 0.191 e. The van der Waals surface area contributed by atoms with Crippen molar-refractivity contribution >= 4 is 29.9 Å². The third kappa shape index (κ3) is 8.25. The molecule has 2 N–H and O–H groups in total. The van der Waals surface area contributed by atoms with E-state index in [2.05, 4.69) is 82.5 Å². The zero-order valence-corrected chi connectivity index (χ0v) is 19.1. The van der Waals surface area contributed by atoms with Crippen LogP contribution in [0.15, 0.2) is 35.6 Å².